The van der Waals surface area contributed by atoms with Gasteiger partial charge in [0.2, 0.25) is 0 Å². The van der Waals surface area contributed by atoms with E-state index in [0.29, 0.717) is 10.9 Å². The van der Waals surface area contributed by atoms with Crippen LogP contribution in [0.5, 0.6) is 5.75 Å². The van der Waals surface area contributed by atoms with Crippen LogP contribution in [0.3, 0.4) is 0 Å². The number of H-pyrrole nitrogens is 1. The van der Waals surface area contributed by atoms with E-state index in [4.69, 9.17) is 0 Å². The predicted molar refractivity (Wildman–Crippen MR) is 59.3 cm³/mol. The first kappa shape index (κ1) is 10.7. The topological polar surface area (TPSA) is 87.2 Å². The van der Waals surface area contributed by atoms with Crippen molar-refractivity contribution >= 4 is 20.7 Å². The van der Waals surface area contributed by atoms with E-state index >= 15 is 0 Å². The van der Waals surface area contributed by atoms with Gasteiger partial charge in [-0.15, -0.1) is 0 Å². The largest absolute Gasteiger partial charge is 0.506 e. The van der Waals surface area contributed by atoms with E-state index in [1.54, 1.807) is 18.2 Å². The van der Waals surface area contributed by atoms with Crippen LogP contribution in [0.15, 0.2) is 34.0 Å². The molecule has 0 bridgehead atoms. The lowest BCUT2D eigenvalue weighted by Gasteiger charge is -2.04. The van der Waals surface area contributed by atoms with Crippen molar-refractivity contribution in [1.29, 1.82) is 0 Å². The van der Waals surface area contributed by atoms with Crippen molar-refractivity contribution < 1.29 is 13.5 Å². The average Bonchev–Trinajstić information content (AvgIpc) is 2.15. The normalized spacial score (nSPS) is 11.8. The molecule has 1 aromatic heterocycles. The summed E-state index contributed by atoms with van der Waals surface area (Å²) < 4.78 is 22.7. The summed E-state index contributed by atoms with van der Waals surface area (Å²) in [6, 6.07) is 6.45. The number of rotatable bonds is 1. The van der Waals surface area contributed by atoms with Crippen molar-refractivity contribution in [2.24, 2.45) is 0 Å². The minimum atomic E-state index is -3.75. The number of para-hydroxylation sites is 1. The number of hydrogen-bond acceptors (Lipinski definition) is 4. The molecule has 0 saturated heterocycles. The molecule has 0 aliphatic heterocycles. The molecule has 16 heavy (non-hydrogen) atoms. The van der Waals surface area contributed by atoms with Gasteiger partial charge in [0.1, 0.15) is 5.75 Å². The Labute approximate surface area is 91.3 Å². The third kappa shape index (κ3) is 1.57. The van der Waals surface area contributed by atoms with Gasteiger partial charge in [-0.2, -0.15) is 0 Å². The molecular formula is C10H9NO4S. The third-order valence-corrected chi connectivity index (χ3v) is 3.34. The van der Waals surface area contributed by atoms with Crippen LogP contribution in [0, 0.1) is 0 Å². The zero-order valence-corrected chi connectivity index (χ0v) is 9.21. The number of pyridine rings is 1. The first-order valence-corrected chi connectivity index (χ1v) is 6.34. The quantitative estimate of drug-likeness (QED) is 0.764. The van der Waals surface area contributed by atoms with E-state index in [-0.39, 0.29) is 0 Å². The molecule has 0 saturated carbocycles. The molecule has 0 radical (unpaired) electrons. The Morgan fingerprint density at radius 2 is 1.88 bits per heavy atom. The second-order valence-electron chi connectivity index (χ2n) is 3.45. The highest BCUT2D eigenvalue weighted by atomic mass is 32.2. The zero-order chi connectivity index (χ0) is 11.9. The van der Waals surface area contributed by atoms with Crippen LogP contribution in [0.2, 0.25) is 0 Å². The second kappa shape index (κ2) is 3.34. The maximum absolute atomic E-state index is 11.5. The lowest BCUT2D eigenvalue weighted by molar-refractivity contribution is 0.463. The molecule has 0 aliphatic rings. The van der Waals surface area contributed by atoms with Crippen molar-refractivity contribution in [3.63, 3.8) is 0 Å². The molecule has 2 rings (SSSR count). The molecule has 6 heteroatoms. The third-order valence-electron chi connectivity index (χ3n) is 2.22. The maximum Gasteiger partial charge on any atom is 0.271 e. The molecule has 0 spiro atoms. The Morgan fingerprint density at radius 1 is 1.25 bits per heavy atom. The van der Waals surface area contributed by atoms with Gasteiger partial charge in [-0.1, -0.05) is 12.1 Å². The van der Waals surface area contributed by atoms with Crippen molar-refractivity contribution in [1.82, 2.24) is 4.98 Å². The average molecular weight is 239 g/mol. The Morgan fingerprint density at radius 3 is 2.50 bits per heavy atom. The molecule has 2 aromatic rings. The SMILES string of the molecule is CS(=O)(=O)c1c(O)c2ccccc2[nH]c1=O. The van der Waals surface area contributed by atoms with Crippen LogP contribution < -0.4 is 5.56 Å². The number of aromatic nitrogens is 1. The number of aromatic amines is 1. The summed E-state index contributed by atoms with van der Waals surface area (Å²) in [5.74, 6) is -0.498. The van der Waals surface area contributed by atoms with Crippen molar-refractivity contribution in [2.45, 2.75) is 4.90 Å². The van der Waals surface area contributed by atoms with E-state index in [2.05, 4.69) is 4.98 Å². The number of nitrogens with one attached hydrogen (secondary N) is 1. The highest BCUT2D eigenvalue weighted by Gasteiger charge is 2.20. The molecular weight excluding hydrogens is 230 g/mol. The molecule has 1 heterocycles. The first-order valence-electron chi connectivity index (χ1n) is 4.45. The van der Waals surface area contributed by atoms with Gasteiger partial charge in [0, 0.05) is 11.6 Å². The summed E-state index contributed by atoms with van der Waals surface area (Å²) in [5, 5.41) is 10.1. The lowest BCUT2D eigenvalue weighted by Crippen LogP contribution is -2.16. The van der Waals surface area contributed by atoms with E-state index < -0.39 is 26.0 Å². The zero-order valence-electron chi connectivity index (χ0n) is 8.39. The van der Waals surface area contributed by atoms with Gasteiger partial charge in [-0.3, -0.25) is 4.79 Å². The molecule has 0 fully saturated rings. The van der Waals surface area contributed by atoms with Gasteiger partial charge in [-0.05, 0) is 12.1 Å². The van der Waals surface area contributed by atoms with E-state index in [1.165, 1.54) is 6.07 Å². The monoisotopic (exact) mass is 239 g/mol. The van der Waals surface area contributed by atoms with Crippen molar-refractivity contribution in [3.8, 4) is 5.75 Å². The van der Waals surface area contributed by atoms with E-state index in [0.717, 1.165) is 6.26 Å². The summed E-state index contributed by atoms with van der Waals surface area (Å²) in [4.78, 5) is 13.3. The summed E-state index contributed by atoms with van der Waals surface area (Å²) in [6.45, 7) is 0. The highest BCUT2D eigenvalue weighted by Crippen LogP contribution is 2.26. The molecule has 0 aliphatic carbocycles. The first-order chi connectivity index (χ1) is 7.41. The Bertz CT molecular complexity index is 715. The van der Waals surface area contributed by atoms with Crippen molar-refractivity contribution in [3.05, 3.63) is 34.6 Å². The van der Waals surface area contributed by atoms with Crippen molar-refractivity contribution in [2.75, 3.05) is 6.26 Å². The Balaban J connectivity index is 3.04. The molecule has 84 valence electrons. The van der Waals surface area contributed by atoms with Gasteiger partial charge in [-0.25, -0.2) is 8.42 Å². The highest BCUT2D eigenvalue weighted by molar-refractivity contribution is 7.90. The van der Waals surface area contributed by atoms with Gasteiger partial charge in [0.05, 0.1) is 5.52 Å². The smallest absolute Gasteiger partial charge is 0.271 e. The number of sulfone groups is 1. The van der Waals surface area contributed by atoms with Gasteiger partial charge >= 0.3 is 0 Å². The predicted octanol–water partition coefficient (Wildman–Crippen LogP) is 0.637. The second-order valence-corrected chi connectivity index (χ2v) is 5.40. The van der Waals surface area contributed by atoms with Gasteiger partial charge < -0.3 is 10.1 Å². The molecule has 0 atom stereocenters. The maximum atomic E-state index is 11.5. The molecule has 2 N–H and O–H groups in total. The van der Waals surface area contributed by atoms with Crippen LogP contribution in [0.4, 0.5) is 0 Å². The van der Waals surface area contributed by atoms with E-state index in [9.17, 15) is 18.3 Å². The standard InChI is InChI=1S/C10H9NO4S/c1-16(14,15)9-8(12)6-4-2-3-5-7(6)11-10(9)13/h2-5H,1H3,(H2,11,12,13). The number of benzene rings is 1. The fourth-order valence-electron chi connectivity index (χ4n) is 1.55. The van der Waals surface area contributed by atoms with Gasteiger partial charge in [0.15, 0.2) is 14.7 Å². The minimum Gasteiger partial charge on any atom is -0.506 e. The Kier molecular flexibility index (Phi) is 2.23. The van der Waals surface area contributed by atoms with Crippen LogP contribution >= 0.6 is 0 Å². The van der Waals surface area contributed by atoms with Crippen LogP contribution in [-0.4, -0.2) is 24.8 Å². The lowest BCUT2D eigenvalue weighted by atomic mass is 10.2. The summed E-state index contributed by atoms with van der Waals surface area (Å²) in [7, 11) is -3.75. The molecule has 5 nitrogen and oxygen atoms in total. The van der Waals surface area contributed by atoms with Gasteiger partial charge in [0.25, 0.3) is 5.56 Å². The van der Waals surface area contributed by atoms with Crippen LogP contribution in [0.1, 0.15) is 0 Å². The summed E-state index contributed by atoms with van der Waals surface area (Å²) in [5.41, 5.74) is -0.406. The molecule has 0 unspecified atom stereocenters. The number of fused-ring (bicyclic) bond motifs is 1. The molecule has 1 aromatic carbocycles. The molecule has 0 amide bonds. The summed E-state index contributed by atoms with van der Waals surface area (Å²) in [6.07, 6.45) is 0.881. The van der Waals surface area contributed by atoms with Crippen LogP contribution in [-0.2, 0) is 9.84 Å². The van der Waals surface area contributed by atoms with E-state index in [1.807, 2.05) is 0 Å². The fourth-order valence-corrected chi connectivity index (χ4v) is 2.40. The fraction of sp³-hybridized carbons (Fsp3) is 0.100. The number of hydrogen-bond donors (Lipinski definition) is 2. The van der Waals surface area contributed by atoms with Crippen LogP contribution in [0.25, 0.3) is 10.9 Å². The Hall–Kier alpha value is -1.82. The number of aromatic hydroxyl groups is 1. The summed E-state index contributed by atoms with van der Waals surface area (Å²) >= 11 is 0. The minimum absolute atomic E-state index is 0.308.